The number of hydrogen-bond donors (Lipinski definition) is 1. The van der Waals surface area contributed by atoms with Crippen molar-refractivity contribution >= 4 is 11.0 Å². The van der Waals surface area contributed by atoms with Crippen LogP contribution in [0.1, 0.15) is 121 Å². The molecule has 2 heterocycles. The molecule has 1 N–H and O–H groups in total. The first-order valence-corrected chi connectivity index (χ1v) is 16.5. The van der Waals surface area contributed by atoms with Gasteiger partial charge in [0, 0.05) is 6.07 Å². The van der Waals surface area contributed by atoms with Gasteiger partial charge in [-0.3, -0.25) is 4.79 Å². The quantitative estimate of drug-likeness (QED) is 0.221. The van der Waals surface area contributed by atoms with Crippen molar-refractivity contribution in [1.82, 2.24) is 0 Å². The van der Waals surface area contributed by atoms with Crippen molar-refractivity contribution in [3.8, 4) is 22.6 Å². The van der Waals surface area contributed by atoms with Crippen molar-refractivity contribution in [3.63, 3.8) is 0 Å². The second-order valence-corrected chi connectivity index (χ2v) is 14.1. The molecule has 0 radical (unpaired) electrons. The molecule has 1 aliphatic rings. The fourth-order valence-corrected chi connectivity index (χ4v) is 6.98. The molecule has 0 aliphatic carbocycles. The molecule has 3 aromatic rings. The van der Waals surface area contributed by atoms with Gasteiger partial charge in [-0.2, -0.15) is 0 Å². The molecule has 230 valence electrons. The van der Waals surface area contributed by atoms with Gasteiger partial charge in [0.15, 0.2) is 0 Å². The summed E-state index contributed by atoms with van der Waals surface area (Å²) in [5.41, 5.74) is 6.18. The summed E-state index contributed by atoms with van der Waals surface area (Å²) in [6, 6.07) is 4.66. The molecule has 1 aromatic heterocycles. The molecular weight excluding hydrogens is 520 g/mol. The third-order valence-electron chi connectivity index (χ3n) is 9.93. The lowest BCUT2D eigenvalue weighted by molar-refractivity contribution is 0.0514. The van der Waals surface area contributed by atoms with Crippen LogP contribution in [-0.2, 0) is 6.42 Å². The molecule has 3 atom stereocenters. The molecule has 1 aliphatic heterocycles. The minimum Gasteiger partial charge on any atom is -0.508 e. The van der Waals surface area contributed by atoms with Crippen LogP contribution in [0, 0.1) is 38.5 Å². The predicted octanol–water partition coefficient (Wildman–Crippen LogP) is 10.6. The molecule has 0 unspecified atom stereocenters. The predicted molar refractivity (Wildman–Crippen MR) is 176 cm³/mol. The second-order valence-electron chi connectivity index (χ2n) is 14.1. The largest absolute Gasteiger partial charge is 0.508 e. The first-order valence-electron chi connectivity index (χ1n) is 16.5. The Bertz CT molecular complexity index is 1430. The lowest BCUT2D eigenvalue weighted by atomic mass is 9.81. The third kappa shape index (κ3) is 7.41. The normalized spacial score (nSPS) is 18.2. The van der Waals surface area contributed by atoms with Gasteiger partial charge in [-0.15, -0.1) is 0 Å². The highest BCUT2D eigenvalue weighted by molar-refractivity contribution is 5.85. The number of phenolic OH excluding ortho intramolecular Hbond substituents is 1. The van der Waals surface area contributed by atoms with Crippen LogP contribution in [0.2, 0.25) is 0 Å². The molecular formula is C38H54O4. The van der Waals surface area contributed by atoms with Crippen LogP contribution in [0.4, 0.5) is 0 Å². The number of phenols is 1. The van der Waals surface area contributed by atoms with E-state index < -0.39 is 0 Å². The molecule has 4 heteroatoms. The average Bonchev–Trinajstić information content (AvgIpc) is 2.92. The molecule has 0 fully saturated rings. The van der Waals surface area contributed by atoms with E-state index in [1.54, 1.807) is 12.3 Å². The van der Waals surface area contributed by atoms with Crippen molar-refractivity contribution in [2.45, 2.75) is 132 Å². The van der Waals surface area contributed by atoms with Gasteiger partial charge in [0.1, 0.15) is 28.9 Å². The maximum absolute atomic E-state index is 13.5. The molecule has 0 spiro atoms. The van der Waals surface area contributed by atoms with E-state index in [4.69, 9.17) is 9.15 Å². The van der Waals surface area contributed by atoms with E-state index in [9.17, 15) is 9.90 Å². The molecule has 0 bridgehead atoms. The summed E-state index contributed by atoms with van der Waals surface area (Å²) in [6.45, 7) is 18.1. The van der Waals surface area contributed by atoms with Gasteiger partial charge in [-0.25, -0.2) is 0 Å². The van der Waals surface area contributed by atoms with Crippen molar-refractivity contribution in [1.29, 1.82) is 0 Å². The summed E-state index contributed by atoms with van der Waals surface area (Å²) in [4.78, 5) is 13.5. The Balaban J connectivity index is 1.38. The van der Waals surface area contributed by atoms with Crippen molar-refractivity contribution in [2.75, 3.05) is 0 Å². The molecule has 0 amide bonds. The van der Waals surface area contributed by atoms with Crippen molar-refractivity contribution in [2.24, 2.45) is 17.8 Å². The Kier molecular flexibility index (Phi) is 10.5. The van der Waals surface area contributed by atoms with Crippen LogP contribution < -0.4 is 10.2 Å². The molecule has 4 nitrogen and oxygen atoms in total. The van der Waals surface area contributed by atoms with Crippen LogP contribution in [0.3, 0.4) is 0 Å². The minimum atomic E-state index is -0.160. The summed E-state index contributed by atoms with van der Waals surface area (Å²) in [5.74, 6) is 3.54. The van der Waals surface area contributed by atoms with E-state index in [1.165, 1.54) is 69.1 Å². The highest BCUT2D eigenvalue weighted by Gasteiger charge is 2.34. The maximum atomic E-state index is 13.5. The Hall–Kier alpha value is -2.75. The van der Waals surface area contributed by atoms with Crippen LogP contribution in [0.15, 0.2) is 33.7 Å². The van der Waals surface area contributed by atoms with Gasteiger partial charge in [0.2, 0.25) is 5.43 Å². The topological polar surface area (TPSA) is 59.7 Å². The summed E-state index contributed by atoms with van der Waals surface area (Å²) in [5, 5.41) is 10.3. The summed E-state index contributed by atoms with van der Waals surface area (Å²) < 4.78 is 12.7. The summed E-state index contributed by atoms with van der Waals surface area (Å²) in [7, 11) is 0. The Labute approximate surface area is 253 Å². The Morgan fingerprint density at radius 1 is 0.881 bits per heavy atom. The summed E-state index contributed by atoms with van der Waals surface area (Å²) >= 11 is 0. The smallest absolute Gasteiger partial charge is 0.200 e. The SMILES string of the molecule is Cc1c(C)c(-c2coc3cc(O)ccc3c2=O)c(C)c2c1O[C@@](C)(CCC[C@H](C)CCC[C@H](C)CCCC(C)C)CC2. The second kappa shape index (κ2) is 13.7. The number of hydrogen-bond acceptors (Lipinski definition) is 4. The number of rotatable bonds is 13. The highest BCUT2D eigenvalue weighted by Crippen LogP contribution is 2.45. The third-order valence-corrected chi connectivity index (χ3v) is 9.93. The Morgan fingerprint density at radius 2 is 1.52 bits per heavy atom. The fourth-order valence-electron chi connectivity index (χ4n) is 6.98. The van der Waals surface area contributed by atoms with Crippen LogP contribution >= 0.6 is 0 Å². The number of ether oxygens (including phenoxy) is 1. The first-order chi connectivity index (χ1) is 19.9. The Morgan fingerprint density at radius 3 is 2.19 bits per heavy atom. The van der Waals surface area contributed by atoms with Crippen LogP contribution in [0.5, 0.6) is 11.5 Å². The van der Waals surface area contributed by atoms with E-state index in [1.807, 2.05) is 0 Å². The zero-order chi connectivity index (χ0) is 30.6. The minimum absolute atomic E-state index is 0.0712. The van der Waals surface area contributed by atoms with Gasteiger partial charge < -0.3 is 14.3 Å². The number of aromatic hydroxyl groups is 1. The zero-order valence-corrected chi connectivity index (χ0v) is 27.5. The van der Waals surface area contributed by atoms with E-state index in [2.05, 4.69) is 55.4 Å². The first kappa shape index (κ1) is 32.2. The summed E-state index contributed by atoms with van der Waals surface area (Å²) in [6.07, 6.45) is 15.2. The van der Waals surface area contributed by atoms with E-state index in [0.717, 1.165) is 65.0 Å². The van der Waals surface area contributed by atoms with Gasteiger partial charge in [0.25, 0.3) is 0 Å². The zero-order valence-electron chi connectivity index (χ0n) is 27.5. The maximum Gasteiger partial charge on any atom is 0.200 e. The van der Waals surface area contributed by atoms with Crippen LogP contribution in [0.25, 0.3) is 22.1 Å². The van der Waals surface area contributed by atoms with E-state index in [0.29, 0.717) is 16.5 Å². The van der Waals surface area contributed by atoms with E-state index in [-0.39, 0.29) is 16.8 Å². The molecule has 4 rings (SSSR count). The van der Waals surface area contributed by atoms with Crippen molar-refractivity contribution < 1.29 is 14.3 Å². The fraction of sp³-hybridized carbons (Fsp3) is 0.605. The van der Waals surface area contributed by atoms with Gasteiger partial charge in [0.05, 0.1) is 10.9 Å². The molecule has 0 saturated carbocycles. The van der Waals surface area contributed by atoms with Crippen LogP contribution in [-0.4, -0.2) is 10.7 Å². The highest BCUT2D eigenvalue weighted by atomic mass is 16.5. The number of fused-ring (bicyclic) bond motifs is 2. The lowest BCUT2D eigenvalue weighted by Crippen LogP contribution is -2.37. The molecule has 0 saturated heterocycles. The van der Waals surface area contributed by atoms with E-state index >= 15 is 0 Å². The standard InChI is InChI=1S/C38H54O4/c1-24(2)12-9-13-25(3)14-10-15-26(4)16-11-20-38(8)21-19-31-29(7)35(27(5)28(6)37(31)42-38)33-23-41-34-22-30(39)17-18-32(34)36(33)40/h17-18,22-26,39H,9-16,19-21H2,1-8H3/t25-,26-,38+/m1/s1. The number of benzene rings is 2. The van der Waals surface area contributed by atoms with Gasteiger partial charge in [-0.05, 0) is 111 Å². The lowest BCUT2D eigenvalue weighted by Gasteiger charge is -2.38. The van der Waals surface area contributed by atoms with Gasteiger partial charge in [-0.1, -0.05) is 72.6 Å². The van der Waals surface area contributed by atoms with Crippen molar-refractivity contribution in [3.05, 3.63) is 56.9 Å². The molecule has 2 aromatic carbocycles. The monoisotopic (exact) mass is 574 g/mol. The average molecular weight is 575 g/mol. The molecule has 42 heavy (non-hydrogen) atoms. The van der Waals surface area contributed by atoms with Gasteiger partial charge >= 0.3 is 0 Å².